The van der Waals surface area contributed by atoms with Crippen molar-refractivity contribution in [3.8, 4) is 11.5 Å². The fraction of sp³-hybridized carbons (Fsp3) is 0.316. The summed E-state index contributed by atoms with van der Waals surface area (Å²) in [6.45, 7) is 2.81. The summed E-state index contributed by atoms with van der Waals surface area (Å²) in [5.41, 5.74) is 4.34. The van der Waals surface area contributed by atoms with Crippen molar-refractivity contribution < 1.29 is 19.0 Å². The molecule has 0 saturated carbocycles. The minimum Gasteiger partial charge on any atom is -0.454 e. The number of nitrogens with zero attached hydrogens (tertiary/aromatic N) is 3. The van der Waals surface area contributed by atoms with Crippen molar-refractivity contribution >= 4 is 12.1 Å². The van der Waals surface area contributed by atoms with E-state index in [-0.39, 0.29) is 12.7 Å². The van der Waals surface area contributed by atoms with E-state index >= 15 is 0 Å². The van der Waals surface area contributed by atoms with E-state index in [1.807, 2.05) is 30.3 Å². The van der Waals surface area contributed by atoms with Crippen molar-refractivity contribution in [1.29, 1.82) is 0 Å². The molecule has 1 aromatic heterocycles. The van der Waals surface area contributed by atoms with E-state index in [2.05, 4.69) is 20.4 Å². The summed E-state index contributed by atoms with van der Waals surface area (Å²) < 4.78 is 16.0. The second-order valence-corrected chi connectivity index (χ2v) is 6.18. The predicted molar refractivity (Wildman–Crippen MR) is 97.7 cm³/mol. The van der Waals surface area contributed by atoms with E-state index in [1.165, 1.54) is 0 Å². The van der Waals surface area contributed by atoms with Crippen LogP contribution < -0.4 is 14.9 Å². The third kappa shape index (κ3) is 4.07. The number of nitrogens with one attached hydrogen (secondary N) is 1. The molecule has 0 unspecified atom stereocenters. The minimum absolute atomic E-state index is 0.194. The Kier molecular flexibility index (Phi) is 5.27. The van der Waals surface area contributed by atoms with Crippen LogP contribution in [-0.2, 0) is 9.53 Å². The molecule has 1 aromatic carbocycles. The number of hydrazone groups is 1. The number of morpholine rings is 1. The molecule has 0 aliphatic carbocycles. The second kappa shape index (κ2) is 8.15. The van der Waals surface area contributed by atoms with E-state index in [1.54, 1.807) is 18.6 Å². The van der Waals surface area contributed by atoms with Crippen LogP contribution in [0, 0.1) is 0 Å². The van der Waals surface area contributed by atoms with Gasteiger partial charge in [0.15, 0.2) is 11.5 Å². The summed E-state index contributed by atoms with van der Waals surface area (Å²) in [5, 5.41) is 4.11. The van der Waals surface area contributed by atoms with Crippen LogP contribution in [0.1, 0.15) is 17.2 Å². The molecular formula is C19H20N4O4. The predicted octanol–water partition coefficient (Wildman–Crippen LogP) is 1.33. The fourth-order valence-electron chi connectivity index (χ4n) is 3.13. The molecular weight excluding hydrogens is 348 g/mol. The first-order chi connectivity index (χ1) is 13.3. The highest BCUT2D eigenvalue weighted by Crippen LogP contribution is 2.32. The van der Waals surface area contributed by atoms with E-state index in [9.17, 15) is 4.79 Å². The minimum atomic E-state index is -0.439. The van der Waals surface area contributed by atoms with Crippen LogP contribution >= 0.6 is 0 Å². The van der Waals surface area contributed by atoms with Gasteiger partial charge in [-0.25, -0.2) is 5.43 Å². The smallest absolute Gasteiger partial charge is 0.262 e. The molecule has 1 fully saturated rings. The average Bonchev–Trinajstić information content (AvgIpc) is 3.18. The maximum absolute atomic E-state index is 12.8. The Bertz CT molecular complexity index is 822. The Morgan fingerprint density at radius 3 is 2.74 bits per heavy atom. The van der Waals surface area contributed by atoms with Crippen LogP contribution in [0.25, 0.3) is 0 Å². The summed E-state index contributed by atoms with van der Waals surface area (Å²) in [6, 6.07) is 8.75. The molecule has 1 atom stereocenters. The number of hydrogen-bond acceptors (Lipinski definition) is 7. The molecule has 27 heavy (non-hydrogen) atoms. The summed E-state index contributed by atoms with van der Waals surface area (Å²) in [4.78, 5) is 19.0. The van der Waals surface area contributed by atoms with Crippen LogP contribution in [-0.4, -0.2) is 55.1 Å². The average molecular weight is 368 g/mol. The fourth-order valence-corrected chi connectivity index (χ4v) is 3.13. The van der Waals surface area contributed by atoms with Gasteiger partial charge < -0.3 is 14.2 Å². The summed E-state index contributed by atoms with van der Waals surface area (Å²) >= 11 is 0. The molecule has 140 valence electrons. The summed E-state index contributed by atoms with van der Waals surface area (Å²) in [6.07, 6.45) is 4.96. The van der Waals surface area contributed by atoms with Gasteiger partial charge in [-0.15, -0.1) is 0 Å². The van der Waals surface area contributed by atoms with Crippen molar-refractivity contribution in [2.45, 2.75) is 6.04 Å². The van der Waals surface area contributed by atoms with Crippen molar-refractivity contribution in [2.75, 3.05) is 33.1 Å². The lowest BCUT2D eigenvalue weighted by Crippen LogP contribution is -2.44. The molecule has 2 aliphatic heterocycles. The number of carbonyl (C=O) groups excluding carboxylic acids is 1. The topological polar surface area (TPSA) is 85.3 Å². The van der Waals surface area contributed by atoms with Gasteiger partial charge in [0.1, 0.15) is 6.04 Å². The van der Waals surface area contributed by atoms with Gasteiger partial charge in [0.05, 0.1) is 19.4 Å². The summed E-state index contributed by atoms with van der Waals surface area (Å²) in [5.74, 6) is 1.19. The van der Waals surface area contributed by atoms with Gasteiger partial charge in [-0.05, 0) is 41.5 Å². The molecule has 1 saturated heterocycles. The molecule has 2 aromatic rings. The molecule has 1 amide bonds. The molecule has 3 heterocycles. The Hall–Kier alpha value is -2.97. The lowest BCUT2D eigenvalue weighted by molar-refractivity contribution is -0.128. The quantitative estimate of drug-likeness (QED) is 0.633. The van der Waals surface area contributed by atoms with Gasteiger partial charge in [0.25, 0.3) is 5.91 Å². The van der Waals surface area contributed by atoms with Crippen LogP contribution in [0.2, 0.25) is 0 Å². The van der Waals surface area contributed by atoms with Crippen LogP contribution in [0.3, 0.4) is 0 Å². The Morgan fingerprint density at radius 1 is 1.15 bits per heavy atom. The highest BCUT2D eigenvalue weighted by molar-refractivity contribution is 5.86. The zero-order valence-electron chi connectivity index (χ0n) is 14.7. The molecule has 0 spiro atoms. The Labute approximate surface area is 156 Å². The molecule has 1 N–H and O–H groups in total. The molecule has 0 bridgehead atoms. The molecule has 4 rings (SSSR count). The number of carbonyl (C=O) groups is 1. The van der Waals surface area contributed by atoms with Gasteiger partial charge in [-0.2, -0.15) is 5.10 Å². The lowest BCUT2D eigenvalue weighted by atomic mass is 10.1. The number of rotatable bonds is 5. The molecule has 0 radical (unpaired) electrons. The number of aromatic nitrogens is 1. The number of benzene rings is 1. The van der Waals surface area contributed by atoms with E-state index in [0.717, 1.165) is 11.1 Å². The van der Waals surface area contributed by atoms with Gasteiger partial charge in [0.2, 0.25) is 6.79 Å². The van der Waals surface area contributed by atoms with Crippen molar-refractivity contribution in [1.82, 2.24) is 15.3 Å². The monoisotopic (exact) mass is 368 g/mol. The number of fused-ring (bicyclic) bond motifs is 1. The maximum Gasteiger partial charge on any atom is 0.262 e. The van der Waals surface area contributed by atoms with Crippen molar-refractivity contribution in [2.24, 2.45) is 5.10 Å². The normalized spacial score (nSPS) is 17.8. The highest BCUT2D eigenvalue weighted by Gasteiger charge is 2.28. The van der Waals surface area contributed by atoms with Gasteiger partial charge in [-0.1, -0.05) is 0 Å². The SMILES string of the molecule is O=C(N/N=C\c1ccc2c(c1)OCO2)[C@@H](c1ccncc1)N1CCOCC1. The maximum atomic E-state index is 12.8. The Balaban J connectivity index is 1.46. The van der Waals surface area contributed by atoms with E-state index in [4.69, 9.17) is 14.2 Å². The van der Waals surface area contributed by atoms with E-state index in [0.29, 0.717) is 37.8 Å². The first-order valence-electron chi connectivity index (χ1n) is 8.75. The number of pyridine rings is 1. The number of amides is 1. The third-order valence-electron chi connectivity index (χ3n) is 4.47. The first-order valence-corrected chi connectivity index (χ1v) is 8.75. The highest BCUT2D eigenvalue weighted by atomic mass is 16.7. The number of hydrogen-bond donors (Lipinski definition) is 1. The van der Waals surface area contributed by atoms with Crippen LogP contribution in [0.4, 0.5) is 0 Å². The van der Waals surface area contributed by atoms with Gasteiger partial charge >= 0.3 is 0 Å². The van der Waals surface area contributed by atoms with Gasteiger partial charge in [0, 0.05) is 25.5 Å². The van der Waals surface area contributed by atoms with Crippen molar-refractivity contribution in [3.05, 3.63) is 53.9 Å². The molecule has 2 aliphatic rings. The first kappa shape index (κ1) is 17.4. The van der Waals surface area contributed by atoms with Crippen LogP contribution in [0.15, 0.2) is 47.8 Å². The van der Waals surface area contributed by atoms with Crippen molar-refractivity contribution in [3.63, 3.8) is 0 Å². The summed E-state index contributed by atoms with van der Waals surface area (Å²) in [7, 11) is 0. The zero-order chi connectivity index (χ0) is 18.5. The zero-order valence-corrected chi connectivity index (χ0v) is 14.7. The van der Waals surface area contributed by atoms with E-state index < -0.39 is 6.04 Å². The standard InChI is InChI=1S/C19H20N4O4/c24-19(22-21-12-14-1-2-16-17(11-14)27-13-26-16)18(15-3-5-20-6-4-15)23-7-9-25-10-8-23/h1-6,11-12,18H,7-10,13H2,(H,22,24)/b21-12-/t18-/m1/s1. The number of ether oxygens (including phenoxy) is 3. The third-order valence-corrected chi connectivity index (χ3v) is 4.47. The second-order valence-electron chi connectivity index (χ2n) is 6.18. The van der Waals surface area contributed by atoms with Gasteiger partial charge in [-0.3, -0.25) is 14.7 Å². The lowest BCUT2D eigenvalue weighted by Gasteiger charge is -2.33. The van der Waals surface area contributed by atoms with Crippen LogP contribution in [0.5, 0.6) is 11.5 Å². The largest absolute Gasteiger partial charge is 0.454 e. The molecule has 8 nitrogen and oxygen atoms in total. The Morgan fingerprint density at radius 2 is 1.93 bits per heavy atom. The molecule has 8 heteroatoms.